The number of fused-ring (bicyclic) bond motifs is 1. The number of hydrogen-bond donors (Lipinski definition) is 2. The van der Waals surface area contributed by atoms with Crippen molar-refractivity contribution in [3.05, 3.63) is 22.6 Å². The third kappa shape index (κ3) is 5.40. The van der Waals surface area contributed by atoms with Gasteiger partial charge in [0.15, 0.2) is 5.65 Å². The smallest absolute Gasteiger partial charge is 0.255 e. The molecule has 0 saturated carbocycles. The summed E-state index contributed by atoms with van der Waals surface area (Å²) in [6.45, 7) is 12.0. The summed E-state index contributed by atoms with van der Waals surface area (Å²) in [5.74, 6) is -0.109. The molecule has 7 nitrogen and oxygen atoms in total. The van der Waals surface area contributed by atoms with Crippen molar-refractivity contribution in [3.63, 3.8) is 0 Å². The van der Waals surface area contributed by atoms with E-state index in [1.54, 1.807) is 6.20 Å². The number of ether oxygens (including phenoxy) is 1. The van der Waals surface area contributed by atoms with Gasteiger partial charge in [-0.05, 0) is 54.8 Å². The zero-order valence-electron chi connectivity index (χ0n) is 17.1. The highest BCUT2D eigenvalue weighted by Gasteiger charge is 2.30. The van der Waals surface area contributed by atoms with Gasteiger partial charge in [-0.2, -0.15) is 0 Å². The van der Waals surface area contributed by atoms with E-state index >= 15 is 0 Å². The minimum atomic E-state index is -1.14. The van der Waals surface area contributed by atoms with Gasteiger partial charge in [0.1, 0.15) is 16.9 Å². The molecule has 0 aliphatic carbocycles. The maximum absolute atomic E-state index is 13.1. The largest absolute Gasteiger partial charge is 0.361 e. The van der Waals surface area contributed by atoms with Gasteiger partial charge in [-0.15, -0.1) is 0 Å². The summed E-state index contributed by atoms with van der Waals surface area (Å²) in [5.41, 5.74) is 1.59. The number of nitrogens with zero attached hydrogens (tertiary/aromatic N) is 3. The lowest BCUT2D eigenvalue weighted by Gasteiger charge is -2.34. The number of carbonyl (C=O) groups excluding carboxylic acids is 1. The van der Waals surface area contributed by atoms with Crippen molar-refractivity contribution in [1.82, 2.24) is 25.2 Å². The molecule has 3 heterocycles. The summed E-state index contributed by atoms with van der Waals surface area (Å²) in [4.78, 5) is 22.0. The lowest BCUT2D eigenvalue weighted by molar-refractivity contribution is 0.0872. The molecule has 0 bridgehead atoms. The zero-order valence-corrected chi connectivity index (χ0v) is 19.7. The highest BCUT2D eigenvalue weighted by molar-refractivity contribution is 9.10. The standard InChI is InChI=1S/C19H30BrN5O2Si/c1-19(5-7-21-8-6-19)24-18(26)14-12-25(13-27-9-10-28(2,3)4)17-16(14)23-15(20)11-22-17/h11-12,21H,5-10,13H2,1-4H3,(H,24,26). The maximum atomic E-state index is 13.1. The first-order valence-electron chi connectivity index (χ1n) is 9.79. The van der Waals surface area contributed by atoms with Crippen LogP contribution in [0.15, 0.2) is 17.0 Å². The number of piperidine rings is 1. The number of hydrogen-bond acceptors (Lipinski definition) is 5. The summed E-state index contributed by atoms with van der Waals surface area (Å²) < 4.78 is 8.36. The molecule has 28 heavy (non-hydrogen) atoms. The van der Waals surface area contributed by atoms with Crippen molar-refractivity contribution in [2.24, 2.45) is 0 Å². The molecule has 3 rings (SSSR count). The molecule has 2 aromatic rings. The Bertz CT molecular complexity index is 843. The molecule has 0 spiro atoms. The summed E-state index contributed by atoms with van der Waals surface area (Å²) >= 11 is 3.37. The van der Waals surface area contributed by atoms with Crippen LogP contribution < -0.4 is 10.6 Å². The SMILES string of the molecule is CC1(NC(=O)c2cn(COCC[Si](C)(C)C)c3ncc(Br)nc23)CCNCC1. The summed E-state index contributed by atoms with van der Waals surface area (Å²) in [6, 6.07) is 1.10. The molecule has 0 aromatic carbocycles. The number of nitrogens with one attached hydrogen (secondary N) is 2. The number of rotatable bonds is 7. The molecule has 2 aromatic heterocycles. The fourth-order valence-corrected chi connectivity index (χ4v) is 4.32. The predicted molar refractivity (Wildman–Crippen MR) is 117 cm³/mol. The fraction of sp³-hybridized carbons (Fsp3) is 0.632. The third-order valence-electron chi connectivity index (χ3n) is 5.13. The first kappa shape index (κ1) is 21.4. The van der Waals surface area contributed by atoms with Crippen LogP contribution in [0.25, 0.3) is 11.2 Å². The van der Waals surface area contributed by atoms with Gasteiger partial charge in [0.25, 0.3) is 5.91 Å². The van der Waals surface area contributed by atoms with E-state index in [2.05, 4.69) is 63.1 Å². The molecule has 2 N–H and O–H groups in total. The Kier molecular flexibility index (Phi) is 6.58. The van der Waals surface area contributed by atoms with Crippen molar-refractivity contribution >= 4 is 41.1 Å². The summed E-state index contributed by atoms with van der Waals surface area (Å²) in [6.07, 6.45) is 5.28. The van der Waals surface area contributed by atoms with Crippen molar-refractivity contribution in [3.8, 4) is 0 Å². The van der Waals surface area contributed by atoms with Crippen LogP contribution in [0.3, 0.4) is 0 Å². The van der Waals surface area contributed by atoms with E-state index in [0.29, 0.717) is 34.7 Å². The molecular formula is C19H30BrN5O2Si. The number of aromatic nitrogens is 3. The second-order valence-corrected chi connectivity index (χ2v) is 15.4. The first-order chi connectivity index (χ1) is 13.2. The fourth-order valence-electron chi connectivity index (χ4n) is 3.28. The van der Waals surface area contributed by atoms with Gasteiger partial charge in [-0.1, -0.05) is 19.6 Å². The van der Waals surface area contributed by atoms with Crippen molar-refractivity contribution < 1.29 is 9.53 Å². The van der Waals surface area contributed by atoms with Gasteiger partial charge in [0.2, 0.25) is 0 Å². The van der Waals surface area contributed by atoms with Crippen molar-refractivity contribution in [1.29, 1.82) is 0 Å². The topological polar surface area (TPSA) is 81.1 Å². The first-order valence-corrected chi connectivity index (χ1v) is 14.3. The van der Waals surface area contributed by atoms with Crippen molar-refractivity contribution in [2.45, 2.75) is 57.7 Å². The van der Waals surface area contributed by atoms with E-state index in [4.69, 9.17) is 4.74 Å². The minimum absolute atomic E-state index is 0.109. The zero-order chi connectivity index (χ0) is 20.4. The molecule has 0 unspecified atom stereocenters. The van der Waals surface area contributed by atoms with Crippen LogP contribution >= 0.6 is 15.9 Å². The van der Waals surface area contributed by atoms with Crippen LogP contribution in [0, 0.1) is 0 Å². The normalized spacial score (nSPS) is 17.0. The molecule has 0 radical (unpaired) electrons. The van der Waals surface area contributed by atoms with E-state index in [9.17, 15) is 4.79 Å². The van der Waals surface area contributed by atoms with E-state index in [1.807, 2.05) is 10.8 Å². The van der Waals surface area contributed by atoms with Gasteiger partial charge < -0.3 is 19.9 Å². The Hall–Kier alpha value is -1.29. The van der Waals surface area contributed by atoms with Crippen LogP contribution in [0.5, 0.6) is 0 Å². The molecule has 9 heteroatoms. The predicted octanol–water partition coefficient (Wildman–Crippen LogP) is 3.38. The molecule has 1 aliphatic rings. The highest BCUT2D eigenvalue weighted by Crippen LogP contribution is 2.23. The lowest BCUT2D eigenvalue weighted by Crippen LogP contribution is -2.52. The molecule has 0 atom stereocenters. The van der Waals surface area contributed by atoms with E-state index in [1.165, 1.54) is 0 Å². The number of carbonyl (C=O) groups is 1. The molecule has 1 aliphatic heterocycles. The van der Waals surface area contributed by atoms with Gasteiger partial charge in [-0.25, -0.2) is 9.97 Å². The van der Waals surface area contributed by atoms with Crippen LogP contribution in [0.1, 0.15) is 30.1 Å². The summed E-state index contributed by atoms with van der Waals surface area (Å²) in [7, 11) is -1.14. The van der Waals surface area contributed by atoms with E-state index in [-0.39, 0.29) is 11.4 Å². The van der Waals surface area contributed by atoms with Crippen molar-refractivity contribution in [2.75, 3.05) is 19.7 Å². The second kappa shape index (κ2) is 8.60. The Morgan fingerprint density at radius 1 is 1.39 bits per heavy atom. The second-order valence-electron chi connectivity index (χ2n) is 8.99. The quantitative estimate of drug-likeness (QED) is 0.481. The van der Waals surface area contributed by atoms with E-state index in [0.717, 1.165) is 32.0 Å². The molecule has 1 fully saturated rings. The Morgan fingerprint density at radius 2 is 2.11 bits per heavy atom. The maximum Gasteiger partial charge on any atom is 0.255 e. The minimum Gasteiger partial charge on any atom is -0.361 e. The Balaban J connectivity index is 1.79. The average Bonchev–Trinajstić information content (AvgIpc) is 2.96. The van der Waals surface area contributed by atoms with Crippen LogP contribution in [-0.4, -0.2) is 53.8 Å². The van der Waals surface area contributed by atoms with Gasteiger partial charge in [-0.3, -0.25) is 4.79 Å². The third-order valence-corrected chi connectivity index (χ3v) is 7.22. The van der Waals surface area contributed by atoms with Crippen LogP contribution in [-0.2, 0) is 11.5 Å². The van der Waals surface area contributed by atoms with Gasteiger partial charge in [0, 0.05) is 26.4 Å². The number of amides is 1. The lowest BCUT2D eigenvalue weighted by atomic mass is 9.90. The molecule has 1 amide bonds. The van der Waals surface area contributed by atoms with Gasteiger partial charge >= 0.3 is 0 Å². The van der Waals surface area contributed by atoms with E-state index < -0.39 is 8.07 Å². The number of halogens is 1. The van der Waals surface area contributed by atoms with Crippen LogP contribution in [0.4, 0.5) is 0 Å². The molecule has 154 valence electrons. The average molecular weight is 468 g/mol. The molecular weight excluding hydrogens is 438 g/mol. The Morgan fingerprint density at radius 3 is 2.79 bits per heavy atom. The summed E-state index contributed by atoms with van der Waals surface area (Å²) in [5, 5.41) is 6.55. The highest BCUT2D eigenvalue weighted by atomic mass is 79.9. The Labute approximate surface area is 175 Å². The van der Waals surface area contributed by atoms with Gasteiger partial charge in [0.05, 0.1) is 11.8 Å². The monoisotopic (exact) mass is 467 g/mol. The van der Waals surface area contributed by atoms with Crippen LogP contribution in [0.2, 0.25) is 25.7 Å². The molecule has 1 saturated heterocycles.